The summed E-state index contributed by atoms with van der Waals surface area (Å²) in [6, 6.07) is 6.09. The number of hydrogen-bond donors (Lipinski definition) is 3. The van der Waals surface area contributed by atoms with Gasteiger partial charge in [0.1, 0.15) is 18.0 Å². The average Bonchev–Trinajstić information content (AvgIpc) is 3.10. The van der Waals surface area contributed by atoms with Crippen LogP contribution in [0.1, 0.15) is 11.3 Å². The number of nitrogens with two attached hydrogens (primary N) is 1. The third kappa shape index (κ3) is 4.81. The van der Waals surface area contributed by atoms with E-state index in [0.29, 0.717) is 29.4 Å². The van der Waals surface area contributed by atoms with Crippen LogP contribution < -0.4 is 15.8 Å². The van der Waals surface area contributed by atoms with Crippen LogP contribution in [0.2, 0.25) is 0 Å². The summed E-state index contributed by atoms with van der Waals surface area (Å²) in [6.07, 6.45) is 0.314. The molecule has 2 heterocycles. The van der Waals surface area contributed by atoms with Crippen molar-refractivity contribution in [2.75, 3.05) is 25.2 Å². The zero-order valence-corrected chi connectivity index (χ0v) is 16.8. The number of halogens is 1. The molecule has 0 saturated heterocycles. The number of methoxy groups -OCH3 is 1. The van der Waals surface area contributed by atoms with Crippen LogP contribution in [0.5, 0.6) is 5.75 Å². The maximum Gasteiger partial charge on any atom is 0.410 e. The molecule has 10 nitrogen and oxygen atoms in total. The van der Waals surface area contributed by atoms with Gasteiger partial charge in [-0.25, -0.2) is 19.2 Å². The SMILES string of the molecule is COc1c(N)cc(CN(C)Cc2nc(NC(=O)O)ccc2F)cc1-c1ncn(C)n1. The number of benzene rings is 1. The molecule has 158 valence electrons. The molecule has 1 amide bonds. The first kappa shape index (κ1) is 21.0. The minimum Gasteiger partial charge on any atom is -0.494 e. The third-order valence-electron chi connectivity index (χ3n) is 4.25. The van der Waals surface area contributed by atoms with E-state index in [2.05, 4.69) is 20.4 Å². The van der Waals surface area contributed by atoms with Crippen molar-refractivity contribution in [1.29, 1.82) is 0 Å². The maximum atomic E-state index is 14.1. The molecule has 0 fully saturated rings. The summed E-state index contributed by atoms with van der Waals surface area (Å²) in [4.78, 5) is 20.9. The molecule has 0 aliphatic carbocycles. The Morgan fingerprint density at radius 2 is 2.13 bits per heavy atom. The minimum atomic E-state index is -1.27. The number of aryl methyl sites for hydroxylation is 1. The molecule has 2 aromatic heterocycles. The van der Waals surface area contributed by atoms with Crippen LogP contribution in [-0.4, -0.2) is 50.0 Å². The Morgan fingerprint density at radius 1 is 1.37 bits per heavy atom. The molecule has 0 aliphatic rings. The molecule has 0 atom stereocenters. The number of nitrogens with zero attached hydrogens (tertiary/aromatic N) is 5. The predicted molar refractivity (Wildman–Crippen MR) is 108 cm³/mol. The number of rotatable bonds is 7. The van der Waals surface area contributed by atoms with E-state index >= 15 is 0 Å². The van der Waals surface area contributed by atoms with Gasteiger partial charge in [-0.1, -0.05) is 0 Å². The Morgan fingerprint density at radius 3 is 2.77 bits per heavy atom. The van der Waals surface area contributed by atoms with E-state index in [4.69, 9.17) is 15.6 Å². The van der Waals surface area contributed by atoms with E-state index in [1.807, 2.05) is 11.0 Å². The number of nitrogen functional groups attached to an aromatic ring is 1. The van der Waals surface area contributed by atoms with E-state index in [9.17, 15) is 9.18 Å². The highest BCUT2D eigenvalue weighted by Gasteiger charge is 2.17. The number of carboxylic acid groups (broad SMARTS) is 1. The molecule has 0 aliphatic heterocycles. The van der Waals surface area contributed by atoms with Crippen molar-refractivity contribution in [1.82, 2.24) is 24.6 Å². The van der Waals surface area contributed by atoms with Crippen molar-refractivity contribution in [3.8, 4) is 17.1 Å². The Balaban J connectivity index is 1.83. The first-order valence-electron chi connectivity index (χ1n) is 8.93. The topological polar surface area (TPSA) is 131 Å². The van der Waals surface area contributed by atoms with Gasteiger partial charge in [0, 0.05) is 20.1 Å². The van der Waals surface area contributed by atoms with Crippen molar-refractivity contribution in [2.45, 2.75) is 13.1 Å². The lowest BCUT2D eigenvalue weighted by Crippen LogP contribution is -2.20. The summed E-state index contributed by atoms with van der Waals surface area (Å²) in [7, 11) is 5.08. The summed E-state index contributed by atoms with van der Waals surface area (Å²) in [5.41, 5.74) is 8.21. The Labute approximate surface area is 172 Å². The standard InChI is InChI=1S/C19H22FN7O3/c1-26(9-15-13(20)4-5-16(23-15)24-19(28)29)8-11-6-12(17(30-3)14(21)7-11)18-22-10-27(2)25-18/h4-7,10H,8-9,21H2,1-3H3,(H,23,24)(H,28,29). The number of ether oxygens (including phenoxy) is 1. The van der Waals surface area contributed by atoms with Crippen LogP contribution in [0.4, 0.5) is 20.7 Å². The van der Waals surface area contributed by atoms with Gasteiger partial charge in [0.05, 0.1) is 24.1 Å². The van der Waals surface area contributed by atoms with Gasteiger partial charge in [-0.05, 0) is 36.9 Å². The van der Waals surface area contributed by atoms with Gasteiger partial charge in [-0.15, -0.1) is 0 Å². The fourth-order valence-electron chi connectivity index (χ4n) is 3.06. The predicted octanol–water partition coefficient (Wildman–Crippen LogP) is 2.33. The normalized spacial score (nSPS) is 11.0. The van der Waals surface area contributed by atoms with E-state index in [-0.39, 0.29) is 18.1 Å². The highest BCUT2D eigenvalue weighted by molar-refractivity contribution is 5.81. The second kappa shape index (κ2) is 8.74. The lowest BCUT2D eigenvalue weighted by Gasteiger charge is -2.19. The average molecular weight is 415 g/mol. The number of amides is 1. The molecule has 0 bridgehead atoms. The Hall–Kier alpha value is -3.73. The van der Waals surface area contributed by atoms with Gasteiger partial charge < -0.3 is 15.6 Å². The lowest BCUT2D eigenvalue weighted by atomic mass is 10.1. The summed E-state index contributed by atoms with van der Waals surface area (Å²) >= 11 is 0. The molecule has 3 rings (SSSR count). The van der Waals surface area contributed by atoms with Crippen LogP contribution in [0, 0.1) is 5.82 Å². The largest absolute Gasteiger partial charge is 0.494 e. The second-order valence-corrected chi connectivity index (χ2v) is 6.74. The van der Waals surface area contributed by atoms with E-state index in [1.165, 1.54) is 19.2 Å². The summed E-state index contributed by atoms with van der Waals surface area (Å²) in [5, 5.41) is 15.2. The van der Waals surface area contributed by atoms with Crippen molar-refractivity contribution in [2.24, 2.45) is 7.05 Å². The van der Waals surface area contributed by atoms with Gasteiger partial charge in [-0.2, -0.15) is 5.10 Å². The number of nitrogens with one attached hydrogen (secondary N) is 1. The van der Waals surface area contributed by atoms with Gasteiger partial charge in [-0.3, -0.25) is 14.9 Å². The number of pyridine rings is 1. The highest BCUT2D eigenvalue weighted by Crippen LogP contribution is 2.34. The summed E-state index contributed by atoms with van der Waals surface area (Å²) < 4.78 is 21.1. The summed E-state index contributed by atoms with van der Waals surface area (Å²) in [6.45, 7) is 0.579. The zero-order valence-electron chi connectivity index (χ0n) is 16.8. The molecule has 3 aromatic rings. The Bertz CT molecular complexity index is 1070. The van der Waals surface area contributed by atoms with Crippen LogP contribution in [0.25, 0.3) is 11.4 Å². The molecular weight excluding hydrogens is 393 g/mol. The highest BCUT2D eigenvalue weighted by atomic mass is 19.1. The molecule has 1 aromatic carbocycles. The molecule has 0 unspecified atom stereocenters. The maximum absolute atomic E-state index is 14.1. The van der Waals surface area contributed by atoms with Gasteiger partial charge >= 0.3 is 6.09 Å². The van der Waals surface area contributed by atoms with Gasteiger partial charge in [0.25, 0.3) is 0 Å². The van der Waals surface area contributed by atoms with Crippen molar-refractivity contribution < 1.29 is 19.0 Å². The third-order valence-corrected chi connectivity index (χ3v) is 4.25. The van der Waals surface area contributed by atoms with Gasteiger partial charge in [0.15, 0.2) is 11.6 Å². The van der Waals surface area contributed by atoms with Crippen LogP contribution in [0.3, 0.4) is 0 Å². The van der Waals surface area contributed by atoms with Crippen LogP contribution >= 0.6 is 0 Å². The minimum absolute atomic E-state index is 0.0597. The lowest BCUT2D eigenvalue weighted by molar-refractivity contribution is 0.209. The number of hydrogen-bond acceptors (Lipinski definition) is 7. The zero-order chi connectivity index (χ0) is 21.8. The fourth-order valence-corrected chi connectivity index (χ4v) is 3.06. The first-order chi connectivity index (χ1) is 14.3. The molecule has 4 N–H and O–H groups in total. The molecule has 0 radical (unpaired) electrons. The van der Waals surface area contributed by atoms with Crippen molar-refractivity contribution in [3.63, 3.8) is 0 Å². The molecular formula is C19H22FN7O3. The summed E-state index contributed by atoms with van der Waals surface area (Å²) in [5.74, 6) is 0.494. The number of aromatic nitrogens is 4. The molecule has 0 spiro atoms. The second-order valence-electron chi connectivity index (χ2n) is 6.74. The number of carbonyl (C=O) groups is 1. The van der Waals surface area contributed by atoms with Gasteiger partial charge in [0.2, 0.25) is 0 Å². The molecule has 11 heteroatoms. The fraction of sp³-hybridized carbons (Fsp3) is 0.263. The number of anilines is 2. The Kier molecular flexibility index (Phi) is 6.11. The smallest absolute Gasteiger partial charge is 0.410 e. The molecule has 0 saturated carbocycles. The first-order valence-corrected chi connectivity index (χ1v) is 8.93. The van der Waals surface area contributed by atoms with E-state index in [0.717, 1.165) is 5.56 Å². The van der Waals surface area contributed by atoms with Crippen molar-refractivity contribution >= 4 is 17.6 Å². The van der Waals surface area contributed by atoms with E-state index < -0.39 is 11.9 Å². The molecule has 30 heavy (non-hydrogen) atoms. The van der Waals surface area contributed by atoms with Crippen molar-refractivity contribution in [3.05, 3.63) is 47.7 Å². The monoisotopic (exact) mass is 415 g/mol. The van der Waals surface area contributed by atoms with Crippen LogP contribution in [0.15, 0.2) is 30.6 Å². The van der Waals surface area contributed by atoms with Crippen LogP contribution in [-0.2, 0) is 20.1 Å². The quantitative estimate of drug-likeness (QED) is 0.501. The van der Waals surface area contributed by atoms with E-state index in [1.54, 1.807) is 31.2 Å².